The maximum absolute atomic E-state index is 10.7. The molecular weight excluding hydrogens is 403 g/mol. The van der Waals surface area contributed by atoms with E-state index in [1.807, 2.05) is 6.07 Å². The van der Waals surface area contributed by atoms with Crippen molar-refractivity contribution >= 4 is 39.7 Å². The Kier molecular flexibility index (Phi) is 7.02. The van der Waals surface area contributed by atoms with E-state index in [0.29, 0.717) is 6.54 Å². The highest BCUT2D eigenvalue weighted by Gasteiger charge is 2.36. The van der Waals surface area contributed by atoms with E-state index in [0.717, 1.165) is 5.01 Å². The van der Waals surface area contributed by atoms with Crippen molar-refractivity contribution in [2.24, 2.45) is 0 Å². The summed E-state index contributed by atoms with van der Waals surface area (Å²) in [6, 6.07) is 8.31. The van der Waals surface area contributed by atoms with Crippen LogP contribution in [0.5, 0.6) is 0 Å². The van der Waals surface area contributed by atoms with Crippen LogP contribution in [-0.2, 0) is 16.7 Å². The molecule has 0 saturated carbocycles. The van der Waals surface area contributed by atoms with Crippen molar-refractivity contribution in [3.8, 4) is 23.8 Å². The third kappa shape index (κ3) is 6.46. The summed E-state index contributed by atoms with van der Waals surface area (Å²) in [7, 11) is -7.44. The summed E-state index contributed by atoms with van der Waals surface area (Å²) in [5, 5.41) is 1.07. The summed E-state index contributed by atoms with van der Waals surface area (Å²) < 4.78 is 62.3. The van der Waals surface area contributed by atoms with E-state index in [4.69, 9.17) is 19.4 Å². The van der Waals surface area contributed by atoms with Gasteiger partial charge in [-0.05, 0) is 12.0 Å². The lowest BCUT2D eigenvalue weighted by Gasteiger charge is -2.08. The van der Waals surface area contributed by atoms with Gasteiger partial charge in [0.05, 0.1) is 0 Å². The Balaban J connectivity index is 0.000000359. The number of fused-ring (bicyclic) bond motifs is 1. The second-order valence-electron chi connectivity index (χ2n) is 6.07. The zero-order chi connectivity index (χ0) is 20.2. The molecule has 10 heteroatoms. The maximum atomic E-state index is 10.7. The molecule has 0 aliphatic rings. The third-order valence-electron chi connectivity index (χ3n) is 2.69. The molecule has 2 rings (SSSR count). The largest absolute Gasteiger partial charge is 0.741 e. The van der Waals surface area contributed by atoms with Gasteiger partial charge in [-0.2, -0.15) is 17.7 Å². The third-order valence-corrected chi connectivity index (χ3v) is 5.21. The van der Waals surface area contributed by atoms with Crippen molar-refractivity contribution in [3.05, 3.63) is 29.3 Å². The standard InChI is InChI=1S/C15H16NSSi.CHF3O3S/c1-5-11-16-13-8-6-7-9-14(13)17-15(16)10-12-18(2,3)4;2-1(3,4)8(5,6)7/h1,6-9H,11H2,2-4H3;(H,5,6,7)/q+1;/p-1. The maximum Gasteiger partial charge on any atom is 0.485 e. The van der Waals surface area contributed by atoms with Crippen LogP contribution in [0.25, 0.3) is 10.2 Å². The first-order valence-electron chi connectivity index (χ1n) is 7.16. The van der Waals surface area contributed by atoms with E-state index in [9.17, 15) is 13.2 Å². The molecule has 140 valence electrons. The molecule has 1 aromatic heterocycles. The van der Waals surface area contributed by atoms with E-state index in [-0.39, 0.29) is 0 Å². The van der Waals surface area contributed by atoms with Gasteiger partial charge in [0.15, 0.2) is 10.1 Å². The van der Waals surface area contributed by atoms with Crippen LogP contribution in [-0.4, -0.2) is 26.6 Å². The summed E-state index contributed by atoms with van der Waals surface area (Å²) in [6.07, 6.45) is 5.46. The average Bonchev–Trinajstić information content (AvgIpc) is 2.82. The predicted octanol–water partition coefficient (Wildman–Crippen LogP) is 3.10. The van der Waals surface area contributed by atoms with Crippen molar-refractivity contribution in [1.82, 2.24) is 0 Å². The average molecular weight is 420 g/mol. The van der Waals surface area contributed by atoms with Crippen LogP contribution in [0.2, 0.25) is 19.6 Å². The normalized spacial score (nSPS) is 11.8. The molecule has 0 aliphatic heterocycles. The van der Waals surface area contributed by atoms with Crippen LogP contribution < -0.4 is 4.57 Å². The van der Waals surface area contributed by atoms with Crippen molar-refractivity contribution in [2.75, 3.05) is 0 Å². The molecule has 0 unspecified atom stereocenters. The Hall–Kier alpha value is -1.85. The highest BCUT2D eigenvalue weighted by atomic mass is 32.2. The molecule has 4 nitrogen and oxygen atoms in total. The minimum atomic E-state index is -6.09. The van der Waals surface area contributed by atoms with Crippen LogP contribution in [0.15, 0.2) is 24.3 Å². The summed E-state index contributed by atoms with van der Waals surface area (Å²) in [5.41, 5.74) is -1.06. The van der Waals surface area contributed by atoms with Gasteiger partial charge in [-0.25, -0.2) is 8.42 Å². The number of rotatable bonds is 1. The van der Waals surface area contributed by atoms with Crippen molar-refractivity contribution in [1.29, 1.82) is 0 Å². The minimum Gasteiger partial charge on any atom is -0.741 e. The Morgan fingerprint density at radius 3 is 2.27 bits per heavy atom. The van der Waals surface area contributed by atoms with Gasteiger partial charge >= 0.3 is 10.5 Å². The first-order chi connectivity index (χ1) is 11.8. The summed E-state index contributed by atoms with van der Waals surface area (Å²) in [5.74, 6) is 6.04. The monoisotopic (exact) mass is 419 g/mol. The van der Waals surface area contributed by atoms with Crippen LogP contribution in [0, 0.1) is 23.8 Å². The fraction of sp³-hybridized carbons (Fsp3) is 0.312. The van der Waals surface area contributed by atoms with Gasteiger partial charge < -0.3 is 4.55 Å². The topological polar surface area (TPSA) is 61.1 Å². The fourth-order valence-electron chi connectivity index (χ4n) is 1.62. The molecular formula is C16H16F3NO3S2Si. The van der Waals surface area contributed by atoms with Gasteiger partial charge in [-0.15, -0.1) is 12.0 Å². The number of alkyl halides is 3. The molecule has 2 aromatic rings. The molecule has 0 aliphatic carbocycles. The van der Waals surface area contributed by atoms with Crippen molar-refractivity contribution < 1.29 is 30.7 Å². The molecule has 0 atom stereocenters. The SMILES string of the molecule is C#CC[n+]1c(C#C[Si](C)(C)C)sc2ccccc21.O=S(=O)([O-])C(F)(F)F. The second kappa shape index (κ2) is 8.23. The summed E-state index contributed by atoms with van der Waals surface area (Å²) >= 11 is 1.72. The molecule has 0 saturated heterocycles. The van der Waals surface area contributed by atoms with Gasteiger partial charge in [-0.3, -0.25) is 0 Å². The van der Waals surface area contributed by atoms with E-state index >= 15 is 0 Å². The molecule has 0 N–H and O–H groups in total. The first-order valence-corrected chi connectivity index (χ1v) is 12.9. The number of terminal acetylenes is 1. The number of thiazole rings is 1. The summed E-state index contributed by atoms with van der Waals surface area (Å²) in [4.78, 5) is 0. The first kappa shape index (κ1) is 22.2. The minimum absolute atomic E-state index is 0.583. The lowest BCUT2D eigenvalue weighted by molar-refractivity contribution is -0.656. The van der Waals surface area contributed by atoms with Crippen LogP contribution in [0.1, 0.15) is 5.01 Å². The van der Waals surface area contributed by atoms with Crippen molar-refractivity contribution in [3.63, 3.8) is 0 Å². The van der Waals surface area contributed by atoms with Gasteiger partial charge in [0.25, 0.3) is 0 Å². The van der Waals surface area contributed by atoms with E-state index in [1.54, 1.807) is 11.3 Å². The van der Waals surface area contributed by atoms with Crippen LogP contribution >= 0.6 is 11.3 Å². The summed E-state index contributed by atoms with van der Waals surface area (Å²) in [6.45, 7) is 7.33. The fourth-order valence-corrected chi connectivity index (χ4v) is 3.21. The number of hydrogen-bond acceptors (Lipinski definition) is 4. The number of nitrogens with zero attached hydrogens (tertiary/aromatic N) is 1. The lowest BCUT2D eigenvalue weighted by Crippen LogP contribution is -2.34. The van der Waals surface area contributed by atoms with Crippen LogP contribution in [0.4, 0.5) is 13.2 Å². The van der Waals surface area contributed by atoms with Gasteiger partial charge in [0.1, 0.15) is 12.8 Å². The molecule has 0 fully saturated rings. The van der Waals surface area contributed by atoms with Gasteiger partial charge in [0, 0.05) is 12.0 Å². The van der Waals surface area contributed by atoms with E-state index < -0.39 is 23.7 Å². The smallest absolute Gasteiger partial charge is 0.485 e. The number of aromatic nitrogens is 1. The second-order valence-corrected chi connectivity index (χ2v) is 13.2. The van der Waals surface area contributed by atoms with Gasteiger partial charge in [-0.1, -0.05) is 43.1 Å². The van der Waals surface area contributed by atoms with Crippen LogP contribution in [0.3, 0.4) is 0 Å². The highest BCUT2D eigenvalue weighted by molar-refractivity contribution is 7.86. The number of para-hydroxylation sites is 1. The molecule has 1 aromatic carbocycles. The van der Waals surface area contributed by atoms with Gasteiger partial charge in [0.2, 0.25) is 12.1 Å². The van der Waals surface area contributed by atoms with Crippen molar-refractivity contribution in [2.45, 2.75) is 31.7 Å². The Bertz CT molecular complexity index is 988. The molecule has 0 amide bonds. The van der Waals surface area contributed by atoms with E-state index in [2.05, 4.69) is 59.8 Å². The molecule has 0 spiro atoms. The number of benzene rings is 1. The molecule has 1 heterocycles. The molecule has 26 heavy (non-hydrogen) atoms. The zero-order valence-corrected chi connectivity index (χ0v) is 16.8. The predicted molar refractivity (Wildman–Crippen MR) is 96.8 cm³/mol. The Morgan fingerprint density at radius 1 is 1.27 bits per heavy atom. The highest BCUT2D eigenvalue weighted by Crippen LogP contribution is 2.20. The number of halogens is 3. The Labute approximate surface area is 155 Å². The quantitative estimate of drug-likeness (QED) is 0.235. The molecule has 0 bridgehead atoms. The number of hydrogen-bond donors (Lipinski definition) is 0. The lowest BCUT2D eigenvalue weighted by atomic mass is 10.3. The Morgan fingerprint density at radius 2 is 1.81 bits per heavy atom. The van der Waals surface area contributed by atoms with E-state index in [1.165, 1.54) is 10.2 Å². The molecule has 0 radical (unpaired) electrons. The zero-order valence-electron chi connectivity index (χ0n) is 14.2.